The van der Waals surface area contributed by atoms with Gasteiger partial charge in [-0.05, 0) is 91.0 Å². The molecule has 0 fully saturated rings. The maximum atomic E-state index is 13.6. The fourth-order valence-electron chi connectivity index (χ4n) is 9.65. The van der Waals surface area contributed by atoms with Gasteiger partial charge in [0.1, 0.15) is 26.2 Å². The van der Waals surface area contributed by atoms with E-state index >= 15 is 0 Å². The van der Waals surface area contributed by atoms with Gasteiger partial charge in [-0.2, -0.15) is 0 Å². The smallest absolute Gasteiger partial charge is 0.339 e. The van der Waals surface area contributed by atoms with Gasteiger partial charge in [0.05, 0.1) is 25.3 Å². The highest BCUT2D eigenvalue weighted by atomic mass is 16.5. The first kappa shape index (κ1) is 40.4. The lowest BCUT2D eigenvalue weighted by Gasteiger charge is -2.14. The summed E-state index contributed by atoms with van der Waals surface area (Å²) >= 11 is 0. The molecule has 8 nitrogen and oxygen atoms in total. The third-order valence-corrected chi connectivity index (χ3v) is 12.9. The summed E-state index contributed by atoms with van der Waals surface area (Å²) in [5.41, 5.74) is 17.2. The molecule has 0 radical (unpaired) electrons. The van der Waals surface area contributed by atoms with Crippen LogP contribution in [0.1, 0.15) is 43.0 Å². The number of para-hydroxylation sites is 4. The molecular weight excluding hydrogens is 817 g/mol. The van der Waals surface area contributed by atoms with Gasteiger partial charge in [0.2, 0.25) is 12.7 Å². The number of imidazole rings is 2. The van der Waals surface area contributed by atoms with Crippen LogP contribution in [0.2, 0.25) is 0 Å². The topological polar surface area (TPSA) is 70.2 Å². The first-order chi connectivity index (χ1) is 32.4. The molecule has 8 heteroatoms. The molecule has 0 spiro atoms. The third kappa shape index (κ3) is 7.42. The number of carbonyl (C=O) groups excluding carboxylic acids is 2. The Morgan fingerprint density at radius 1 is 0.394 bits per heavy atom. The van der Waals surface area contributed by atoms with Gasteiger partial charge >= 0.3 is 11.9 Å². The van der Waals surface area contributed by atoms with Crippen LogP contribution in [0.3, 0.4) is 0 Å². The van der Waals surface area contributed by atoms with E-state index in [4.69, 9.17) is 9.47 Å². The second kappa shape index (κ2) is 17.0. The molecule has 10 aromatic rings. The number of hydrogen-bond donors (Lipinski definition) is 0. The van der Waals surface area contributed by atoms with E-state index in [1.165, 1.54) is 14.2 Å². The molecule has 320 valence electrons. The Labute approximate surface area is 382 Å². The minimum atomic E-state index is -0.373. The summed E-state index contributed by atoms with van der Waals surface area (Å²) in [6.07, 6.45) is 4.36. The molecule has 9 heterocycles. The largest absolute Gasteiger partial charge is 0.465 e. The maximum Gasteiger partial charge on any atom is 0.339 e. The molecule has 0 saturated carbocycles. The number of benzene rings is 8. The molecule has 0 aliphatic carbocycles. The predicted octanol–water partition coefficient (Wildman–Crippen LogP) is 10.9. The van der Waals surface area contributed by atoms with Gasteiger partial charge in [-0.1, -0.05) is 158 Å². The number of esters is 2. The van der Waals surface area contributed by atoms with E-state index in [1.807, 2.05) is 36.4 Å². The number of carbonyl (C=O) groups is 2. The van der Waals surface area contributed by atoms with Crippen LogP contribution in [0.5, 0.6) is 0 Å². The minimum absolute atomic E-state index is 0.373. The lowest BCUT2D eigenvalue weighted by atomic mass is 9.91. The van der Waals surface area contributed by atoms with E-state index in [-0.39, 0.29) is 11.9 Å². The van der Waals surface area contributed by atoms with Crippen molar-refractivity contribution in [3.8, 4) is 44.5 Å². The van der Waals surface area contributed by atoms with Crippen molar-refractivity contribution in [1.29, 1.82) is 0 Å². The van der Waals surface area contributed by atoms with Gasteiger partial charge in [-0.25, -0.2) is 27.9 Å². The molecule has 0 saturated heterocycles. The average Bonchev–Trinajstić information content (AvgIpc) is 3.89. The SMILES string of the molecule is COC(=O)c1c2cccc1-c1ccc(cc1)Cn1c[n+](c3ccccc31)Cc1ccc(cc1)-c1cccc(c1C(=O)OC)-c1ccc(cc1)C[n+]1cn(c3ccccc31)Cc1ccc-2cc1. The van der Waals surface area contributed by atoms with E-state index in [0.717, 1.165) is 88.8 Å². The van der Waals surface area contributed by atoms with E-state index < -0.39 is 0 Å². The molecule has 8 aromatic carbocycles. The van der Waals surface area contributed by atoms with Crippen molar-refractivity contribution < 1.29 is 28.2 Å². The van der Waals surface area contributed by atoms with Crippen molar-refractivity contribution in [3.05, 3.63) is 228 Å². The van der Waals surface area contributed by atoms with Crippen LogP contribution < -0.4 is 9.13 Å². The number of hydrogen-bond acceptors (Lipinski definition) is 4. The standard InChI is InChI=1S/C58H46N4O4/c1-65-57(63)55-47-9-7-10-48(55)44-27-19-40(20-28-44)34-60-38-62(54-16-6-4-14-52(54)60)36-42-23-31-46(32-24-42)50-12-8-11-49(56(50)58(64)66-2)45-29-21-41(22-30-45)35-61-37-59(51-13-3-5-15-53(51)61)33-39-17-25-43(47)26-18-39/h3-32,37-38H,33-36H2,1-2H3/q+2. The van der Waals surface area contributed by atoms with Crippen molar-refractivity contribution in [2.24, 2.45) is 0 Å². The normalized spacial score (nSPS) is 12.3. The molecule has 66 heavy (non-hydrogen) atoms. The Balaban J connectivity index is 1.03. The fraction of sp³-hybridized carbons (Fsp3) is 0.103. The predicted molar refractivity (Wildman–Crippen MR) is 258 cm³/mol. The van der Waals surface area contributed by atoms with E-state index in [2.05, 4.69) is 177 Å². The quantitative estimate of drug-likeness (QED) is 0.128. The lowest BCUT2D eigenvalue weighted by molar-refractivity contribution is -0.663. The summed E-state index contributed by atoms with van der Waals surface area (Å²) in [6.45, 7) is 2.66. The highest BCUT2D eigenvalue weighted by molar-refractivity contribution is 6.05. The maximum absolute atomic E-state index is 13.6. The van der Waals surface area contributed by atoms with Crippen molar-refractivity contribution in [1.82, 2.24) is 9.13 Å². The molecule has 7 aliphatic rings. The third-order valence-electron chi connectivity index (χ3n) is 12.9. The Hall–Kier alpha value is -8.36. The van der Waals surface area contributed by atoms with Crippen LogP contribution >= 0.6 is 0 Å². The fourth-order valence-corrected chi connectivity index (χ4v) is 9.65. The van der Waals surface area contributed by atoms with Gasteiger partial charge in [0, 0.05) is 0 Å². The Morgan fingerprint density at radius 2 is 0.712 bits per heavy atom. The Morgan fingerprint density at radius 3 is 1.05 bits per heavy atom. The van der Waals surface area contributed by atoms with Crippen molar-refractivity contribution in [3.63, 3.8) is 0 Å². The summed E-state index contributed by atoms with van der Waals surface area (Å²) in [6, 6.07) is 62.8. The zero-order chi connectivity index (χ0) is 44.7. The molecule has 0 amide bonds. The van der Waals surface area contributed by atoms with Gasteiger partial charge in [0.25, 0.3) is 0 Å². The van der Waals surface area contributed by atoms with Crippen molar-refractivity contribution in [2.45, 2.75) is 26.2 Å². The average molecular weight is 863 g/mol. The van der Waals surface area contributed by atoms with Crippen LogP contribution in [0, 0.1) is 0 Å². The summed E-state index contributed by atoms with van der Waals surface area (Å²) in [4.78, 5) is 27.2. The molecule has 2 aromatic heterocycles. The molecule has 7 aliphatic heterocycles. The van der Waals surface area contributed by atoms with E-state index in [1.54, 1.807) is 0 Å². The first-order valence-corrected chi connectivity index (χ1v) is 22.2. The van der Waals surface area contributed by atoms with Gasteiger partial charge in [-0.15, -0.1) is 0 Å². The van der Waals surface area contributed by atoms with Crippen LogP contribution in [0.25, 0.3) is 66.6 Å². The zero-order valence-corrected chi connectivity index (χ0v) is 36.7. The number of fused-ring (bicyclic) bond motifs is 2. The monoisotopic (exact) mass is 862 g/mol. The van der Waals surface area contributed by atoms with E-state index in [0.29, 0.717) is 37.3 Å². The van der Waals surface area contributed by atoms with Crippen molar-refractivity contribution in [2.75, 3.05) is 14.2 Å². The highest BCUT2D eigenvalue weighted by Gasteiger charge is 2.23. The summed E-state index contributed by atoms with van der Waals surface area (Å²) < 4.78 is 20.0. The van der Waals surface area contributed by atoms with Crippen LogP contribution in [0.15, 0.2) is 195 Å². The van der Waals surface area contributed by atoms with Crippen LogP contribution in [0.4, 0.5) is 0 Å². The molecule has 0 atom stereocenters. The number of aromatic nitrogens is 4. The number of ether oxygens (including phenoxy) is 2. The Kier molecular flexibility index (Phi) is 10.4. The first-order valence-electron chi connectivity index (χ1n) is 22.2. The van der Waals surface area contributed by atoms with Gasteiger partial charge in [-0.3, -0.25) is 0 Å². The van der Waals surface area contributed by atoms with Gasteiger partial charge < -0.3 is 9.47 Å². The summed E-state index contributed by atoms with van der Waals surface area (Å²) in [5.74, 6) is -0.747. The minimum Gasteiger partial charge on any atom is -0.465 e. The molecule has 17 rings (SSSR count). The van der Waals surface area contributed by atoms with Crippen LogP contribution in [-0.2, 0) is 35.7 Å². The molecule has 0 N–H and O–H groups in total. The lowest BCUT2D eigenvalue weighted by Crippen LogP contribution is -2.32. The van der Waals surface area contributed by atoms with E-state index in [9.17, 15) is 9.59 Å². The molecule has 16 bridgehead atoms. The van der Waals surface area contributed by atoms with Crippen LogP contribution in [-0.4, -0.2) is 35.3 Å². The van der Waals surface area contributed by atoms with Crippen molar-refractivity contribution >= 4 is 34.0 Å². The summed E-state index contributed by atoms with van der Waals surface area (Å²) in [7, 11) is 2.88. The molecular formula is C58H46N4O4+2. The highest BCUT2D eigenvalue weighted by Crippen LogP contribution is 2.36. The second-order valence-corrected chi connectivity index (χ2v) is 16.9. The van der Waals surface area contributed by atoms with Gasteiger partial charge in [0.15, 0.2) is 22.1 Å². The number of nitrogens with zero attached hydrogens (tertiary/aromatic N) is 4. The Bertz CT molecular complexity index is 3020. The number of methoxy groups -OCH3 is 2. The number of rotatable bonds is 2. The zero-order valence-electron chi connectivity index (χ0n) is 36.7. The molecule has 0 unspecified atom stereocenters. The summed E-state index contributed by atoms with van der Waals surface area (Å²) in [5, 5.41) is 0. The second-order valence-electron chi connectivity index (χ2n) is 16.9.